The van der Waals surface area contributed by atoms with Gasteiger partial charge < -0.3 is 10.6 Å². The van der Waals surface area contributed by atoms with Gasteiger partial charge in [-0.15, -0.1) is 0 Å². The number of likely N-dealkylation sites (tertiary alicyclic amines) is 1. The van der Waals surface area contributed by atoms with Crippen LogP contribution in [0.1, 0.15) is 51.0 Å². The van der Waals surface area contributed by atoms with E-state index in [9.17, 15) is 9.18 Å². The number of carbonyl (C=O) groups is 1. The van der Waals surface area contributed by atoms with Crippen LogP contribution in [0.5, 0.6) is 0 Å². The van der Waals surface area contributed by atoms with E-state index in [1.165, 1.54) is 31.4 Å². The summed E-state index contributed by atoms with van der Waals surface area (Å²) in [5.74, 6) is -0.0371. The third kappa shape index (κ3) is 4.83. The average molecular weight is 362 g/mol. The second kappa shape index (κ2) is 8.49. The zero-order valence-electron chi connectivity index (χ0n) is 15.9. The molecule has 1 unspecified atom stereocenters. The first kappa shape index (κ1) is 19.3. The van der Waals surface area contributed by atoms with Gasteiger partial charge in [-0.25, -0.2) is 4.39 Å². The van der Waals surface area contributed by atoms with E-state index < -0.39 is 0 Å². The molecule has 1 amide bonds. The van der Waals surface area contributed by atoms with Crippen LogP contribution in [0.2, 0.25) is 0 Å². The number of amides is 1. The lowest BCUT2D eigenvalue weighted by Crippen LogP contribution is -2.46. The molecule has 1 atom stereocenters. The molecule has 2 fully saturated rings. The van der Waals surface area contributed by atoms with Crippen molar-refractivity contribution in [3.05, 3.63) is 35.6 Å². The summed E-state index contributed by atoms with van der Waals surface area (Å²) in [6.45, 7) is 5.74. The molecule has 4 nitrogen and oxygen atoms in total. The third-order valence-corrected chi connectivity index (χ3v) is 6.09. The van der Waals surface area contributed by atoms with Crippen molar-refractivity contribution < 1.29 is 9.18 Å². The SMILES string of the molecule is CC1(CN)CCN(CC(=O)N(Cc2ccc(F)cc2)C2CCCCC2)C1. The van der Waals surface area contributed by atoms with E-state index in [-0.39, 0.29) is 17.1 Å². The smallest absolute Gasteiger partial charge is 0.237 e. The van der Waals surface area contributed by atoms with Crippen molar-refractivity contribution in [2.24, 2.45) is 11.1 Å². The molecule has 1 saturated heterocycles. The van der Waals surface area contributed by atoms with Crippen LogP contribution in [0, 0.1) is 11.2 Å². The Morgan fingerprint density at radius 2 is 1.96 bits per heavy atom. The van der Waals surface area contributed by atoms with Gasteiger partial charge in [-0.2, -0.15) is 0 Å². The minimum absolute atomic E-state index is 0.132. The second-order valence-electron chi connectivity index (χ2n) is 8.42. The molecule has 0 radical (unpaired) electrons. The molecular weight excluding hydrogens is 329 g/mol. The molecule has 1 aliphatic carbocycles. The number of benzene rings is 1. The lowest BCUT2D eigenvalue weighted by Gasteiger charge is -2.35. The first-order valence-electron chi connectivity index (χ1n) is 9.95. The van der Waals surface area contributed by atoms with E-state index in [1.807, 2.05) is 4.90 Å². The highest BCUT2D eigenvalue weighted by Gasteiger charge is 2.35. The monoisotopic (exact) mass is 361 g/mol. The molecule has 144 valence electrons. The van der Waals surface area contributed by atoms with E-state index in [2.05, 4.69) is 11.8 Å². The number of hydrogen-bond donors (Lipinski definition) is 1. The number of nitrogens with two attached hydrogens (primary N) is 1. The van der Waals surface area contributed by atoms with Gasteiger partial charge in [0.25, 0.3) is 0 Å². The quantitative estimate of drug-likeness (QED) is 0.847. The van der Waals surface area contributed by atoms with Crippen LogP contribution in [-0.2, 0) is 11.3 Å². The number of hydrogen-bond acceptors (Lipinski definition) is 3. The maximum absolute atomic E-state index is 13.2. The highest BCUT2D eigenvalue weighted by molar-refractivity contribution is 5.78. The summed E-state index contributed by atoms with van der Waals surface area (Å²) >= 11 is 0. The molecule has 1 saturated carbocycles. The zero-order chi connectivity index (χ0) is 18.6. The molecule has 26 heavy (non-hydrogen) atoms. The molecule has 0 aromatic heterocycles. The Hall–Kier alpha value is -1.46. The first-order chi connectivity index (χ1) is 12.5. The van der Waals surface area contributed by atoms with Crippen molar-refractivity contribution in [3.63, 3.8) is 0 Å². The fourth-order valence-electron chi connectivity index (χ4n) is 4.31. The van der Waals surface area contributed by atoms with E-state index in [1.54, 1.807) is 12.1 Å². The number of nitrogens with zero attached hydrogens (tertiary/aromatic N) is 2. The van der Waals surface area contributed by atoms with Gasteiger partial charge in [0.15, 0.2) is 0 Å². The lowest BCUT2D eigenvalue weighted by molar-refractivity contribution is -0.136. The van der Waals surface area contributed by atoms with Crippen molar-refractivity contribution >= 4 is 5.91 Å². The van der Waals surface area contributed by atoms with Crippen LogP contribution in [0.25, 0.3) is 0 Å². The summed E-state index contributed by atoms with van der Waals surface area (Å²) in [6.07, 6.45) is 6.84. The van der Waals surface area contributed by atoms with Gasteiger partial charge in [0.05, 0.1) is 6.54 Å². The Morgan fingerprint density at radius 3 is 2.58 bits per heavy atom. The first-order valence-corrected chi connectivity index (χ1v) is 9.95. The molecule has 1 aromatic rings. The fourth-order valence-corrected chi connectivity index (χ4v) is 4.31. The minimum atomic E-state index is -0.234. The Bertz CT molecular complexity index is 600. The van der Waals surface area contributed by atoms with E-state index in [0.717, 1.165) is 37.9 Å². The summed E-state index contributed by atoms with van der Waals surface area (Å²) < 4.78 is 13.2. The van der Waals surface area contributed by atoms with Crippen molar-refractivity contribution in [2.75, 3.05) is 26.2 Å². The van der Waals surface area contributed by atoms with Crippen molar-refractivity contribution in [3.8, 4) is 0 Å². The molecule has 2 aliphatic rings. The molecule has 1 aromatic carbocycles. The Kier molecular flexibility index (Phi) is 6.30. The lowest BCUT2D eigenvalue weighted by atomic mass is 9.90. The van der Waals surface area contributed by atoms with E-state index in [0.29, 0.717) is 25.7 Å². The molecular formula is C21H32FN3O. The molecule has 0 bridgehead atoms. The maximum atomic E-state index is 13.2. The van der Waals surface area contributed by atoms with E-state index >= 15 is 0 Å². The van der Waals surface area contributed by atoms with Gasteiger partial charge in [-0.05, 0) is 55.5 Å². The van der Waals surface area contributed by atoms with Crippen LogP contribution in [-0.4, -0.2) is 47.9 Å². The topological polar surface area (TPSA) is 49.6 Å². The Balaban J connectivity index is 1.67. The van der Waals surface area contributed by atoms with Gasteiger partial charge in [0.1, 0.15) is 5.82 Å². The maximum Gasteiger partial charge on any atom is 0.237 e. The highest BCUT2D eigenvalue weighted by atomic mass is 19.1. The van der Waals surface area contributed by atoms with Crippen molar-refractivity contribution in [1.29, 1.82) is 0 Å². The summed E-state index contributed by atoms with van der Waals surface area (Å²) in [6, 6.07) is 6.85. The van der Waals surface area contributed by atoms with Crippen LogP contribution >= 0.6 is 0 Å². The van der Waals surface area contributed by atoms with Crippen molar-refractivity contribution in [1.82, 2.24) is 9.80 Å². The van der Waals surface area contributed by atoms with Gasteiger partial charge in [-0.1, -0.05) is 38.3 Å². The Morgan fingerprint density at radius 1 is 1.27 bits per heavy atom. The van der Waals surface area contributed by atoms with Crippen molar-refractivity contribution in [2.45, 2.75) is 58.0 Å². The summed E-state index contributed by atoms with van der Waals surface area (Å²) in [5, 5.41) is 0. The zero-order valence-corrected chi connectivity index (χ0v) is 15.9. The van der Waals surface area contributed by atoms with Crippen LogP contribution < -0.4 is 5.73 Å². The van der Waals surface area contributed by atoms with Gasteiger partial charge in [-0.3, -0.25) is 9.69 Å². The standard InChI is InChI=1S/C21H32FN3O/c1-21(15-23)11-12-24(16-21)14-20(26)25(19-5-3-2-4-6-19)13-17-7-9-18(22)10-8-17/h7-10,19H,2-6,11-16,23H2,1H3. The molecule has 0 spiro atoms. The minimum Gasteiger partial charge on any atom is -0.334 e. The van der Waals surface area contributed by atoms with Gasteiger partial charge in [0, 0.05) is 19.1 Å². The molecule has 2 N–H and O–H groups in total. The average Bonchev–Trinajstić information content (AvgIpc) is 3.03. The van der Waals surface area contributed by atoms with Crippen LogP contribution in [0.3, 0.4) is 0 Å². The fraction of sp³-hybridized carbons (Fsp3) is 0.667. The molecule has 1 aliphatic heterocycles. The number of rotatable bonds is 6. The second-order valence-corrected chi connectivity index (χ2v) is 8.42. The summed E-state index contributed by atoms with van der Waals surface area (Å²) in [5.41, 5.74) is 7.03. The molecule has 3 rings (SSSR count). The number of carbonyl (C=O) groups excluding carboxylic acids is 1. The van der Waals surface area contributed by atoms with Crippen LogP contribution in [0.4, 0.5) is 4.39 Å². The molecule has 1 heterocycles. The third-order valence-electron chi connectivity index (χ3n) is 6.09. The Labute approximate surface area is 156 Å². The predicted octanol–water partition coefficient (Wildman–Crippen LogP) is 3.16. The van der Waals surface area contributed by atoms with Gasteiger partial charge in [0.2, 0.25) is 5.91 Å². The summed E-state index contributed by atoms with van der Waals surface area (Å²) in [4.78, 5) is 17.4. The van der Waals surface area contributed by atoms with E-state index in [4.69, 9.17) is 5.73 Å². The normalized spacial score (nSPS) is 24.7. The molecule has 5 heteroatoms. The highest BCUT2D eigenvalue weighted by Crippen LogP contribution is 2.29. The summed E-state index contributed by atoms with van der Waals surface area (Å²) in [7, 11) is 0. The predicted molar refractivity (Wildman–Crippen MR) is 102 cm³/mol. The van der Waals surface area contributed by atoms with Crippen LogP contribution in [0.15, 0.2) is 24.3 Å². The number of halogens is 1. The van der Waals surface area contributed by atoms with Gasteiger partial charge >= 0.3 is 0 Å². The largest absolute Gasteiger partial charge is 0.334 e.